The Balaban J connectivity index is 1.95. The molecule has 0 aliphatic carbocycles. The number of nitrogens with zero attached hydrogens (tertiary/aromatic N) is 1. The Bertz CT molecular complexity index is 528. The first-order valence-electron chi connectivity index (χ1n) is 6.13. The average Bonchev–Trinajstić information content (AvgIpc) is 3.05. The number of benzene rings is 1. The van der Waals surface area contributed by atoms with Gasteiger partial charge in [-0.05, 0) is 11.6 Å². The lowest BCUT2D eigenvalue weighted by molar-refractivity contribution is -0.140. The highest BCUT2D eigenvalue weighted by Gasteiger charge is 2.41. The van der Waals surface area contributed by atoms with Crippen LogP contribution in [0.5, 0.6) is 0 Å². The minimum atomic E-state index is -0.949. The number of carbonyl (C=O) groups is 2. The van der Waals surface area contributed by atoms with Crippen molar-refractivity contribution in [2.45, 2.75) is 18.5 Å². The molecule has 19 heavy (non-hydrogen) atoms. The van der Waals surface area contributed by atoms with Gasteiger partial charge in [-0.15, -0.1) is 11.8 Å². The number of hydrogen-bond acceptors (Lipinski definition) is 4. The van der Waals surface area contributed by atoms with Crippen LogP contribution in [0.1, 0.15) is 5.56 Å². The predicted octanol–water partition coefficient (Wildman–Crippen LogP) is 0.691. The zero-order valence-corrected chi connectivity index (χ0v) is 11.0. The van der Waals surface area contributed by atoms with Crippen LogP contribution < -0.4 is 10.2 Å². The van der Waals surface area contributed by atoms with Crippen LogP contribution in [-0.2, 0) is 16.0 Å². The zero-order chi connectivity index (χ0) is 13.4. The fourth-order valence-corrected chi connectivity index (χ4v) is 3.51. The summed E-state index contributed by atoms with van der Waals surface area (Å²) < 4.78 is 0. The van der Waals surface area contributed by atoms with Crippen molar-refractivity contribution in [2.24, 2.45) is 0 Å². The second-order valence-electron chi connectivity index (χ2n) is 4.67. The van der Waals surface area contributed by atoms with E-state index in [2.05, 4.69) is 5.32 Å². The molecule has 6 heteroatoms. The molecule has 1 unspecified atom stereocenters. The smallest absolute Gasteiger partial charge is 0.327 e. The number of thioether (sulfide) groups is 1. The minimum Gasteiger partial charge on any atom is -0.480 e. The van der Waals surface area contributed by atoms with E-state index in [9.17, 15) is 14.7 Å². The van der Waals surface area contributed by atoms with E-state index in [-0.39, 0.29) is 11.9 Å². The molecule has 5 nitrogen and oxygen atoms in total. The van der Waals surface area contributed by atoms with Crippen molar-refractivity contribution >= 4 is 29.3 Å². The summed E-state index contributed by atoms with van der Waals surface area (Å²) in [5.74, 6) is 0.352. The Labute approximate surface area is 115 Å². The fraction of sp³-hybridized carbons (Fsp3) is 0.385. The van der Waals surface area contributed by atoms with Crippen LogP contribution >= 0.6 is 11.8 Å². The second-order valence-corrected chi connectivity index (χ2v) is 5.70. The van der Waals surface area contributed by atoms with Crippen molar-refractivity contribution in [3.05, 3.63) is 29.8 Å². The van der Waals surface area contributed by atoms with Gasteiger partial charge in [0.25, 0.3) is 0 Å². The Morgan fingerprint density at radius 1 is 1.37 bits per heavy atom. The van der Waals surface area contributed by atoms with E-state index in [4.69, 9.17) is 0 Å². The third-order valence-corrected chi connectivity index (χ3v) is 4.45. The number of carboxylic acids is 1. The van der Waals surface area contributed by atoms with Crippen LogP contribution in [-0.4, -0.2) is 40.7 Å². The number of hydrogen-bond donors (Lipinski definition) is 2. The van der Waals surface area contributed by atoms with Gasteiger partial charge in [0.05, 0.1) is 6.04 Å². The van der Waals surface area contributed by atoms with Gasteiger partial charge in [0.2, 0.25) is 5.91 Å². The monoisotopic (exact) mass is 278 g/mol. The van der Waals surface area contributed by atoms with Crippen molar-refractivity contribution in [3.63, 3.8) is 0 Å². The van der Waals surface area contributed by atoms with E-state index in [0.717, 1.165) is 17.1 Å². The molecule has 1 amide bonds. The van der Waals surface area contributed by atoms with Gasteiger partial charge in [0.1, 0.15) is 6.04 Å². The molecule has 2 N–H and O–H groups in total. The normalized spacial score (nSPS) is 25.4. The molecule has 0 radical (unpaired) electrons. The molecular weight excluding hydrogens is 264 g/mol. The first-order valence-corrected chi connectivity index (χ1v) is 7.29. The number of amides is 1. The summed E-state index contributed by atoms with van der Waals surface area (Å²) >= 11 is 1.65. The molecule has 2 heterocycles. The lowest BCUT2D eigenvalue weighted by atomic mass is 10.1. The summed E-state index contributed by atoms with van der Waals surface area (Å²) in [5.41, 5.74) is 1.66. The molecule has 0 spiro atoms. The Morgan fingerprint density at radius 3 is 2.84 bits per heavy atom. The molecular formula is C13H14N2O3S. The highest BCUT2D eigenvalue weighted by Crippen LogP contribution is 2.33. The van der Waals surface area contributed by atoms with E-state index >= 15 is 0 Å². The quantitative estimate of drug-likeness (QED) is 0.833. The maximum Gasteiger partial charge on any atom is 0.327 e. The summed E-state index contributed by atoms with van der Waals surface area (Å²) in [6, 6.07) is 6.35. The third-order valence-electron chi connectivity index (χ3n) is 3.51. The van der Waals surface area contributed by atoms with E-state index in [1.165, 1.54) is 4.90 Å². The molecule has 1 saturated heterocycles. The van der Waals surface area contributed by atoms with Crippen LogP contribution in [0.25, 0.3) is 0 Å². The number of anilines is 1. The van der Waals surface area contributed by atoms with E-state index in [0.29, 0.717) is 12.2 Å². The van der Waals surface area contributed by atoms with E-state index in [1.54, 1.807) is 11.8 Å². The van der Waals surface area contributed by atoms with Crippen molar-refractivity contribution in [1.29, 1.82) is 0 Å². The number of aliphatic carboxylic acids is 1. The second kappa shape index (κ2) is 4.86. The first kappa shape index (κ1) is 12.5. The number of nitrogens with one attached hydrogen (secondary N) is 1. The summed E-state index contributed by atoms with van der Waals surface area (Å²) in [6.45, 7) is 0. The van der Waals surface area contributed by atoms with Gasteiger partial charge >= 0.3 is 5.97 Å². The van der Waals surface area contributed by atoms with Crippen LogP contribution in [0.3, 0.4) is 0 Å². The van der Waals surface area contributed by atoms with Crippen molar-refractivity contribution < 1.29 is 14.7 Å². The molecule has 2 aliphatic rings. The Hall–Kier alpha value is -1.53. The van der Waals surface area contributed by atoms with Gasteiger partial charge in [0.15, 0.2) is 0 Å². The molecule has 1 aromatic carbocycles. The maximum atomic E-state index is 12.5. The molecule has 100 valence electrons. The fourth-order valence-electron chi connectivity index (χ4n) is 2.58. The van der Waals surface area contributed by atoms with Gasteiger partial charge in [-0.1, -0.05) is 18.2 Å². The number of fused-ring (bicyclic) bond motifs is 1. The summed E-state index contributed by atoms with van der Waals surface area (Å²) in [5, 5.41) is 12.4. The highest BCUT2D eigenvalue weighted by atomic mass is 32.2. The maximum absolute atomic E-state index is 12.5. The summed E-state index contributed by atoms with van der Waals surface area (Å²) in [7, 11) is 0. The van der Waals surface area contributed by atoms with Crippen molar-refractivity contribution in [1.82, 2.24) is 5.32 Å². The molecule has 1 fully saturated rings. The summed E-state index contributed by atoms with van der Waals surface area (Å²) in [4.78, 5) is 25.3. The lowest BCUT2D eigenvalue weighted by Gasteiger charge is -2.25. The standard InChI is InChI=1S/C13H14N2O3S/c16-12(9-6-19-7-14-9)15-10-4-2-1-3-8(10)5-11(15)13(17)18/h1-4,9,11,14H,5-7H2,(H,17,18)/t9?,11-/m0/s1. The van der Waals surface area contributed by atoms with Gasteiger partial charge in [0, 0.05) is 23.7 Å². The largest absolute Gasteiger partial charge is 0.480 e. The molecule has 1 aromatic rings. The van der Waals surface area contributed by atoms with Crippen LogP contribution in [0.15, 0.2) is 24.3 Å². The Kier molecular flexibility index (Phi) is 3.20. The molecule has 3 rings (SSSR count). The van der Waals surface area contributed by atoms with Gasteiger partial charge in [-0.25, -0.2) is 4.79 Å². The molecule has 0 saturated carbocycles. The van der Waals surface area contributed by atoms with Crippen molar-refractivity contribution in [3.8, 4) is 0 Å². The number of rotatable bonds is 2. The zero-order valence-electron chi connectivity index (χ0n) is 10.2. The number of para-hydroxylation sites is 1. The summed E-state index contributed by atoms with van der Waals surface area (Å²) in [6.07, 6.45) is 0.386. The number of carbonyl (C=O) groups excluding carboxylic acids is 1. The number of carboxylic acid groups (broad SMARTS) is 1. The van der Waals surface area contributed by atoms with E-state index in [1.807, 2.05) is 24.3 Å². The van der Waals surface area contributed by atoms with Gasteiger partial charge < -0.3 is 5.11 Å². The van der Waals surface area contributed by atoms with Crippen LogP contribution in [0, 0.1) is 0 Å². The van der Waals surface area contributed by atoms with Crippen LogP contribution in [0.2, 0.25) is 0 Å². The highest BCUT2D eigenvalue weighted by molar-refractivity contribution is 7.99. The van der Waals surface area contributed by atoms with Crippen molar-refractivity contribution in [2.75, 3.05) is 16.5 Å². The first-order chi connectivity index (χ1) is 9.18. The Morgan fingerprint density at radius 2 is 2.16 bits per heavy atom. The lowest BCUT2D eigenvalue weighted by Crippen LogP contribution is -2.50. The third kappa shape index (κ3) is 2.11. The van der Waals surface area contributed by atoms with Crippen LogP contribution in [0.4, 0.5) is 5.69 Å². The minimum absolute atomic E-state index is 0.137. The van der Waals surface area contributed by atoms with E-state index < -0.39 is 12.0 Å². The molecule has 2 atom stereocenters. The van der Waals surface area contributed by atoms with Gasteiger partial charge in [-0.3, -0.25) is 15.0 Å². The molecule has 0 bridgehead atoms. The average molecular weight is 278 g/mol. The topological polar surface area (TPSA) is 69.6 Å². The molecule has 2 aliphatic heterocycles. The van der Waals surface area contributed by atoms with Gasteiger partial charge in [-0.2, -0.15) is 0 Å². The predicted molar refractivity (Wildman–Crippen MR) is 73.3 cm³/mol. The SMILES string of the molecule is O=C(O)[C@@H]1Cc2ccccc2N1C(=O)C1CSCN1. The molecule has 0 aromatic heterocycles.